The van der Waals surface area contributed by atoms with E-state index in [-0.39, 0.29) is 5.90 Å². The SMILES string of the molecule is CCCn1cc(C(=N)OCC)cn1. The van der Waals surface area contributed by atoms with Crippen LogP contribution >= 0.6 is 0 Å². The van der Waals surface area contributed by atoms with E-state index in [9.17, 15) is 0 Å². The summed E-state index contributed by atoms with van der Waals surface area (Å²) in [4.78, 5) is 0. The first-order valence-corrected chi connectivity index (χ1v) is 4.52. The Balaban J connectivity index is 2.62. The van der Waals surface area contributed by atoms with Crippen molar-refractivity contribution in [3.8, 4) is 0 Å². The quantitative estimate of drug-likeness (QED) is 0.567. The molecule has 1 rings (SSSR count). The highest BCUT2D eigenvalue weighted by Crippen LogP contribution is 2.00. The molecule has 0 atom stereocenters. The van der Waals surface area contributed by atoms with Gasteiger partial charge in [-0.1, -0.05) is 6.92 Å². The third-order valence-corrected chi connectivity index (χ3v) is 1.64. The Morgan fingerprint density at radius 2 is 2.38 bits per heavy atom. The van der Waals surface area contributed by atoms with Crippen molar-refractivity contribution in [1.29, 1.82) is 5.41 Å². The van der Waals surface area contributed by atoms with Gasteiger partial charge in [-0.25, -0.2) is 0 Å². The molecule has 0 aliphatic rings. The van der Waals surface area contributed by atoms with Gasteiger partial charge in [0.2, 0.25) is 5.90 Å². The van der Waals surface area contributed by atoms with Crippen molar-refractivity contribution in [1.82, 2.24) is 9.78 Å². The van der Waals surface area contributed by atoms with Gasteiger partial charge in [-0.3, -0.25) is 10.1 Å². The monoisotopic (exact) mass is 181 g/mol. The zero-order valence-corrected chi connectivity index (χ0v) is 8.08. The molecule has 0 amide bonds. The molecule has 1 aromatic rings. The van der Waals surface area contributed by atoms with Crippen LogP contribution in [-0.2, 0) is 11.3 Å². The summed E-state index contributed by atoms with van der Waals surface area (Å²) < 4.78 is 6.87. The Morgan fingerprint density at radius 3 is 3.00 bits per heavy atom. The van der Waals surface area contributed by atoms with Gasteiger partial charge in [0, 0.05) is 12.7 Å². The number of hydrogen-bond donors (Lipinski definition) is 1. The molecule has 0 saturated heterocycles. The molecule has 4 heteroatoms. The topological polar surface area (TPSA) is 50.9 Å². The molecule has 0 radical (unpaired) electrons. The summed E-state index contributed by atoms with van der Waals surface area (Å²) >= 11 is 0. The molecule has 0 unspecified atom stereocenters. The predicted molar refractivity (Wildman–Crippen MR) is 51.0 cm³/mol. The van der Waals surface area contributed by atoms with Crippen molar-refractivity contribution in [3.05, 3.63) is 18.0 Å². The number of nitrogens with one attached hydrogen (secondary N) is 1. The van der Waals surface area contributed by atoms with Gasteiger partial charge in [0.25, 0.3) is 0 Å². The van der Waals surface area contributed by atoms with Gasteiger partial charge in [0.05, 0.1) is 18.4 Å². The lowest BCUT2D eigenvalue weighted by atomic mass is 10.3. The minimum Gasteiger partial charge on any atom is -0.478 e. The average Bonchev–Trinajstić information content (AvgIpc) is 2.54. The molecule has 1 N–H and O–H groups in total. The second kappa shape index (κ2) is 4.64. The maximum atomic E-state index is 7.50. The lowest BCUT2D eigenvalue weighted by Crippen LogP contribution is -2.03. The highest BCUT2D eigenvalue weighted by atomic mass is 16.5. The van der Waals surface area contributed by atoms with Crippen LogP contribution in [0.1, 0.15) is 25.8 Å². The predicted octanol–water partition coefficient (Wildman–Crippen LogP) is 1.65. The first-order valence-electron chi connectivity index (χ1n) is 4.52. The molecule has 0 aliphatic carbocycles. The molecule has 0 aliphatic heterocycles. The lowest BCUT2D eigenvalue weighted by Gasteiger charge is -2.00. The first kappa shape index (κ1) is 9.77. The van der Waals surface area contributed by atoms with Crippen molar-refractivity contribution in [2.45, 2.75) is 26.8 Å². The zero-order chi connectivity index (χ0) is 9.68. The highest BCUT2D eigenvalue weighted by Gasteiger charge is 2.04. The lowest BCUT2D eigenvalue weighted by molar-refractivity contribution is 0.325. The molecule has 0 saturated carbocycles. The summed E-state index contributed by atoms with van der Waals surface area (Å²) in [6.45, 7) is 5.37. The molecule has 1 aromatic heterocycles. The highest BCUT2D eigenvalue weighted by molar-refractivity contribution is 5.90. The number of aromatic nitrogens is 2. The Morgan fingerprint density at radius 1 is 1.62 bits per heavy atom. The van der Waals surface area contributed by atoms with Gasteiger partial charge < -0.3 is 4.74 Å². The number of ether oxygens (including phenoxy) is 1. The van der Waals surface area contributed by atoms with E-state index in [1.807, 2.05) is 17.8 Å². The molecule has 0 fully saturated rings. The van der Waals surface area contributed by atoms with Crippen molar-refractivity contribution >= 4 is 5.90 Å². The van der Waals surface area contributed by atoms with E-state index in [4.69, 9.17) is 10.1 Å². The van der Waals surface area contributed by atoms with E-state index in [2.05, 4.69) is 12.0 Å². The largest absolute Gasteiger partial charge is 0.478 e. The minimum absolute atomic E-state index is 0.199. The molecule has 4 nitrogen and oxygen atoms in total. The molecule has 0 spiro atoms. The Bertz CT molecular complexity index is 280. The van der Waals surface area contributed by atoms with E-state index in [1.165, 1.54) is 0 Å². The third-order valence-electron chi connectivity index (χ3n) is 1.64. The van der Waals surface area contributed by atoms with Crippen LogP contribution in [0.4, 0.5) is 0 Å². The normalized spacial score (nSPS) is 10.0. The molecular weight excluding hydrogens is 166 g/mol. The summed E-state index contributed by atoms with van der Waals surface area (Å²) in [5, 5.41) is 11.6. The summed E-state index contributed by atoms with van der Waals surface area (Å²) in [7, 11) is 0. The summed E-state index contributed by atoms with van der Waals surface area (Å²) in [5.74, 6) is 0.199. The van der Waals surface area contributed by atoms with E-state index < -0.39 is 0 Å². The zero-order valence-electron chi connectivity index (χ0n) is 8.08. The molecule has 0 aromatic carbocycles. The van der Waals surface area contributed by atoms with Gasteiger partial charge in [-0.05, 0) is 13.3 Å². The standard InChI is InChI=1S/C9H15N3O/c1-3-5-12-7-8(6-11-12)9(10)13-4-2/h6-7,10H,3-5H2,1-2H3. The van der Waals surface area contributed by atoms with Gasteiger partial charge in [-0.2, -0.15) is 5.10 Å². The molecule has 13 heavy (non-hydrogen) atoms. The Labute approximate surface area is 78.0 Å². The maximum Gasteiger partial charge on any atom is 0.216 e. The smallest absolute Gasteiger partial charge is 0.216 e. The van der Waals surface area contributed by atoms with Crippen LogP contribution < -0.4 is 0 Å². The van der Waals surface area contributed by atoms with Gasteiger partial charge in [0.15, 0.2) is 0 Å². The van der Waals surface area contributed by atoms with Crippen molar-refractivity contribution < 1.29 is 4.74 Å². The van der Waals surface area contributed by atoms with Crippen LogP contribution in [0.5, 0.6) is 0 Å². The van der Waals surface area contributed by atoms with Crippen LogP contribution in [0.25, 0.3) is 0 Å². The van der Waals surface area contributed by atoms with Crippen LogP contribution in [0.15, 0.2) is 12.4 Å². The second-order valence-corrected chi connectivity index (χ2v) is 2.75. The molecule has 1 heterocycles. The number of hydrogen-bond acceptors (Lipinski definition) is 3. The van der Waals surface area contributed by atoms with Gasteiger partial charge in [-0.15, -0.1) is 0 Å². The first-order chi connectivity index (χ1) is 6.27. The number of rotatable bonds is 4. The summed E-state index contributed by atoms with van der Waals surface area (Å²) in [5.41, 5.74) is 0.746. The summed E-state index contributed by atoms with van der Waals surface area (Å²) in [6.07, 6.45) is 4.54. The molecule has 0 bridgehead atoms. The summed E-state index contributed by atoms with van der Waals surface area (Å²) in [6, 6.07) is 0. The molecule has 72 valence electrons. The van der Waals surface area contributed by atoms with Crippen LogP contribution in [0, 0.1) is 5.41 Å². The van der Waals surface area contributed by atoms with Gasteiger partial charge >= 0.3 is 0 Å². The number of aryl methyl sites for hydroxylation is 1. The Hall–Kier alpha value is -1.32. The van der Waals surface area contributed by atoms with E-state index in [0.29, 0.717) is 6.61 Å². The Kier molecular flexibility index (Phi) is 3.49. The fourth-order valence-corrected chi connectivity index (χ4v) is 1.06. The van der Waals surface area contributed by atoms with Gasteiger partial charge in [0.1, 0.15) is 0 Å². The van der Waals surface area contributed by atoms with Crippen molar-refractivity contribution in [2.24, 2.45) is 0 Å². The fraction of sp³-hybridized carbons (Fsp3) is 0.556. The van der Waals surface area contributed by atoms with E-state index in [0.717, 1.165) is 18.5 Å². The van der Waals surface area contributed by atoms with Crippen LogP contribution in [-0.4, -0.2) is 22.3 Å². The van der Waals surface area contributed by atoms with E-state index >= 15 is 0 Å². The minimum atomic E-state index is 0.199. The third kappa shape index (κ3) is 2.57. The van der Waals surface area contributed by atoms with E-state index in [1.54, 1.807) is 6.20 Å². The fourth-order valence-electron chi connectivity index (χ4n) is 1.06. The average molecular weight is 181 g/mol. The van der Waals surface area contributed by atoms with Crippen molar-refractivity contribution in [2.75, 3.05) is 6.61 Å². The second-order valence-electron chi connectivity index (χ2n) is 2.75. The van der Waals surface area contributed by atoms with Crippen LogP contribution in [0.2, 0.25) is 0 Å². The number of nitrogens with zero attached hydrogens (tertiary/aromatic N) is 2. The maximum absolute atomic E-state index is 7.50. The molecular formula is C9H15N3O. The van der Waals surface area contributed by atoms with Crippen LogP contribution in [0.3, 0.4) is 0 Å². The van der Waals surface area contributed by atoms with Crippen molar-refractivity contribution in [3.63, 3.8) is 0 Å².